The van der Waals surface area contributed by atoms with Gasteiger partial charge in [0.05, 0.1) is 11.7 Å². The zero-order valence-corrected chi connectivity index (χ0v) is 7.75. The first kappa shape index (κ1) is 8.71. The number of aldehydes is 1. The van der Waals surface area contributed by atoms with Gasteiger partial charge in [-0.3, -0.25) is 0 Å². The molecule has 3 nitrogen and oxygen atoms in total. The third-order valence-corrected chi connectivity index (χ3v) is 3.49. The van der Waals surface area contributed by atoms with Crippen LogP contribution >= 0.6 is 0 Å². The molecule has 1 heterocycles. The van der Waals surface area contributed by atoms with Gasteiger partial charge < -0.3 is 9.53 Å². The number of hydrogen-bond acceptors (Lipinski definition) is 3. The van der Waals surface area contributed by atoms with Gasteiger partial charge in [0, 0.05) is 13.0 Å². The van der Waals surface area contributed by atoms with E-state index < -0.39 is 5.41 Å². The number of fused-ring (bicyclic) bond motifs is 1. The summed E-state index contributed by atoms with van der Waals surface area (Å²) in [7, 11) is 0. The fraction of sp³-hybridized carbons (Fsp3) is 0.800. The van der Waals surface area contributed by atoms with E-state index >= 15 is 0 Å². The average Bonchev–Trinajstić information content (AvgIpc) is 2.57. The SMILES string of the molecule is CC12CC(C#N)(C=O)CC1CCO2. The Kier molecular flexibility index (Phi) is 1.71. The molecule has 3 unspecified atom stereocenters. The van der Waals surface area contributed by atoms with Crippen LogP contribution in [0.3, 0.4) is 0 Å². The van der Waals surface area contributed by atoms with E-state index in [1.807, 2.05) is 6.92 Å². The molecule has 0 bridgehead atoms. The van der Waals surface area contributed by atoms with Crippen molar-refractivity contribution in [1.29, 1.82) is 5.26 Å². The van der Waals surface area contributed by atoms with Crippen molar-refractivity contribution in [2.45, 2.75) is 31.8 Å². The lowest BCUT2D eigenvalue weighted by Gasteiger charge is -2.22. The largest absolute Gasteiger partial charge is 0.375 e. The number of carbonyl (C=O) groups is 1. The Morgan fingerprint density at radius 1 is 1.69 bits per heavy atom. The molecule has 2 aliphatic rings. The molecule has 0 N–H and O–H groups in total. The van der Waals surface area contributed by atoms with Crippen LogP contribution in [0.5, 0.6) is 0 Å². The van der Waals surface area contributed by atoms with Gasteiger partial charge in [0.2, 0.25) is 0 Å². The Morgan fingerprint density at radius 2 is 2.46 bits per heavy atom. The highest BCUT2D eigenvalue weighted by atomic mass is 16.5. The number of carbonyl (C=O) groups excluding carboxylic acids is 1. The van der Waals surface area contributed by atoms with Gasteiger partial charge in [-0.2, -0.15) is 5.26 Å². The van der Waals surface area contributed by atoms with E-state index in [1.54, 1.807) is 0 Å². The quantitative estimate of drug-likeness (QED) is 0.570. The zero-order chi connectivity index (χ0) is 9.53. The maximum Gasteiger partial charge on any atom is 0.140 e. The summed E-state index contributed by atoms with van der Waals surface area (Å²) in [6.45, 7) is 2.80. The summed E-state index contributed by atoms with van der Waals surface area (Å²) in [6.07, 6.45) is 3.06. The minimum absolute atomic E-state index is 0.212. The predicted molar refractivity (Wildman–Crippen MR) is 45.8 cm³/mol. The second-order valence-corrected chi connectivity index (χ2v) is 4.41. The van der Waals surface area contributed by atoms with Crippen molar-refractivity contribution in [3.05, 3.63) is 0 Å². The van der Waals surface area contributed by atoms with Crippen LogP contribution in [0.1, 0.15) is 26.2 Å². The number of nitrogens with zero attached hydrogens (tertiary/aromatic N) is 1. The van der Waals surface area contributed by atoms with Crippen molar-refractivity contribution >= 4 is 6.29 Å². The van der Waals surface area contributed by atoms with Gasteiger partial charge in [-0.1, -0.05) is 0 Å². The summed E-state index contributed by atoms with van der Waals surface area (Å²) in [6, 6.07) is 2.13. The summed E-state index contributed by atoms with van der Waals surface area (Å²) in [4.78, 5) is 10.9. The smallest absolute Gasteiger partial charge is 0.140 e. The Morgan fingerprint density at radius 3 is 3.00 bits per heavy atom. The third kappa shape index (κ3) is 1.09. The van der Waals surface area contributed by atoms with E-state index in [4.69, 9.17) is 10.00 Å². The second kappa shape index (κ2) is 2.55. The minimum atomic E-state index is -0.764. The molecule has 1 aliphatic heterocycles. The normalized spacial score (nSPS) is 48.5. The van der Waals surface area contributed by atoms with Crippen LogP contribution < -0.4 is 0 Å². The molecule has 13 heavy (non-hydrogen) atoms. The number of hydrogen-bond donors (Lipinski definition) is 0. The van der Waals surface area contributed by atoms with E-state index in [0.29, 0.717) is 18.8 Å². The molecule has 70 valence electrons. The molecular weight excluding hydrogens is 166 g/mol. The van der Waals surface area contributed by atoms with Crippen LogP contribution in [-0.4, -0.2) is 18.5 Å². The molecule has 0 radical (unpaired) electrons. The lowest BCUT2D eigenvalue weighted by atomic mass is 9.88. The molecule has 0 aromatic carbocycles. The molecule has 1 aliphatic carbocycles. The summed E-state index contributed by atoms with van der Waals surface area (Å²) < 4.78 is 5.61. The third-order valence-electron chi connectivity index (χ3n) is 3.49. The Hall–Kier alpha value is -0.880. The maximum absolute atomic E-state index is 10.9. The predicted octanol–water partition coefficient (Wildman–Crippen LogP) is 1.28. The van der Waals surface area contributed by atoms with E-state index in [2.05, 4.69) is 6.07 Å². The van der Waals surface area contributed by atoms with E-state index in [1.165, 1.54) is 0 Å². The average molecular weight is 179 g/mol. The fourth-order valence-corrected chi connectivity index (χ4v) is 2.71. The number of nitriles is 1. The Balaban J connectivity index is 2.27. The van der Waals surface area contributed by atoms with E-state index in [0.717, 1.165) is 19.3 Å². The van der Waals surface area contributed by atoms with Crippen molar-refractivity contribution in [2.24, 2.45) is 11.3 Å². The first-order chi connectivity index (χ1) is 6.14. The van der Waals surface area contributed by atoms with Crippen molar-refractivity contribution in [3.63, 3.8) is 0 Å². The van der Waals surface area contributed by atoms with Gasteiger partial charge in [-0.05, 0) is 25.7 Å². The zero-order valence-electron chi connectivity index (χ0n) is 7.75. The molecule has 3 heteroatoms. The Bertz CT molecular complexity index is 283. The molecule has 0 spiro atoms. The first-order valence-electron chi connectivity index (χ1n) is 4.66. The van der Waals surface area contributed by atoms with Crippen molar-refractivity contribution in [2.75, 3.05) is 6.61 Å². The fourth-order valence-electron chi connectivity index (χ4n) is 2.71. The van der Waals surface area contributed by atoms with Crippen LogP contribution in [-0.2, 0) is 9.53 Å². The number of rotatable bonds is 1. The monoisotopic (exact) mass is 179 g/mol. The topological polar surface area (TPSA) is 50.1 Å². The molecule has 0 aromatic rings. The van der Waals surface area contributed by atoms with Gasteiger partial charge in [0.1, 0.15) is 11.7 Å². The highest BCUT2D eigenvalue weighted by Crippen LogP contribution is 2.52. The van der Waals surface area contributed by atoms with Crippen molar-refractivity contribution in [1.82, 2.24) is 0 Å². The van der Waals surface area contributed by atoms with Gasteiger partial charge in [0.15, 0.2) is 0 Å². The van der Waals surface area contributed by atoms with Gasteiger partial charge in [-0.25, -0.2) is 0 Å². The summed E-state index contributed by atoms with van der Waals surface area (Å²) in [5.41, 5.74) is -0.976. The molecule has 3 atom stereocenters. The lowest BCUT2D eigenvalue weighted by Crippen LogP contribution is -2.27. The van der Waals surface area contributed by atoms with Crippen LogP contribution in [0.15, 0.2) is 0 Å². The molecule has 1 saturated carbocycles. The Labute approximate surface area is 77.7 Å². The maximum atomic E-state index is 10.9. The molecule has 0 amide bonds. The van der Waals surface area contributed by atoms with Crippen molar-refractivity contribution < 1.29 is 9.53 Å². The van der Waals surface area contributed by atoms with Crippen LogP contribution in [0, 0.1) is 22.7 Å². The van der Waals surface area contributed by atoms with Gasteiger partial charge in [-0.15, -0.1) is 0 Å². The lowest BCUT2D eigenvalue weighted by molar-refractivity contribution is -0.114. The van der Waals surface area contributed by atoms with Crippen LogP contribution in [0.25, 0.3) is 0 Å². The van der Waals surface area contributed by atoms with E-state index in [9.17, 15) is 4.79 Å². The molecular formula is C10H13NO2. The molecule has 2 rings (SSSR count). The van der Waals surface area contributed by atoms with E-state index in [-0.39, 0.29) is 5.60 Å². The second-order valence-electron chi connectivity index (χ2n) is 4.41. The molecule has 1 saturated heterocycles. The van der Waals surface area contributed by atoms with Gasteiger partial charge >= 0.3 is 0 Å². The van der Waals surface area contributed by atoms with Gasteiger partial charge in [0.25, 0.3) is 0 Å². The minimum Gasteiger partial charge on any atom is -0.375 e. The summed E-state index contributed by atoms with van der Waals surface area (Å²) in [5, 5.41) is 8.95. The highest BCUT2D eigenvalue weighted by molar-refractivity contribution is 5.65. The van der Waals surface area contributed by atoms with Crippen molar-refractivity contribution in [3.8, 4) is 6.07 Å². The highest BCUT2D eigenvalue weighted by Gasteiger charge is 2.55. The van der Waals surface area contributed by atoms with Crippen LogP contribution in [0.4, 0.5) is 0 Å². The standard InChI is InChI=1S/C10H13NO2/c1-9-5-10(6-11,7-12)4-8(9)2-3-13-9/h7-8H,2-5H2,1H3. The van der Waals surface area contributed by atoms with Crippen LogP contribution in [0.2, 0.25) is 0 Å². The molecule has 2 fully saturated rings. The summed E-state index contributed by atoms with van der Waals surface area (Å²) in [5.74, 6) is 0.400. The summed E-state index contributed by atoms with van der Waals surface area (Å²) >= 11 is 0. The molecule has 0 aromatic heterocycles. The number of ether oxygens (including phenoxy) is 1. The first-order valence-corrected chi connectivity index (χ1v) is 4.66.